The summed E-state index contributed by atoms with van der Waals surface area (Å²) in [6.07, 6.45) is 6.08. The number of H-pyrrole nitrogens is 1. The van der Waals surface area contributed by atoms with Crippen LogP contribution in [0.15, 0.2) is 67.0 Å². The zero-order valence-electron chi connectivity index (χ0n) is 20.7. The van der Waals surface area contributed by atoms with Crippen molar-refractivity contribution in [1.82, 2.24) is 30.0 Å². The van der Waals surface area contributed by atoms with E-state index in [0.29, 0.717) is 5.56 Å². The van der Waals surface area contributed by atoms with Crippen molar-refractivity contribution in [3.8, 4) is 11.3 Å². The predicted octanol–water partition coefficient (Wildman–Crippen LogP) is 4.82. The van der Waals surface area contributed by atoms with Gasteiger partial charge in [0.15, 0.2) is 0 Å². The third-order valence-electron chi connectivity index (χ3n) is 7.21. The molecule has 7 heteroatoms. The van der Waals surface area contributed by atoms with Gasteiger partial charge >= 0.3 is 0 Å². The van der Waals surface area contributed by atoms with Crippen molar-refractivity contribution in [3.63, 3.8) is 0 Å². The minimum Gasteiger partial charge on any atom is -0.350 e. The normalized spacial score (nSPS) is 16.6. The molecule has 5 aromatic rings. The first-order valence-corrected chi connectivity index (χ1v) is 12.5. The topological polar surface area (TPSA) is 78.8 Å². The second-order valence-electron chi connectivity index (χ2n) is 9.85. The van der Waals surface area contributed by atoms with Gasteiger partial charge in [-0.25, -0.2) is 0 Å². The first kappa shape index (κ1) is 22.5. The highest BCUT2D eigenvalue weighted by atomic mass is 16.1. The Balaban J connectivity index is 1.17. The Kier molecular flexibility index (Phi) is 5.77. The molecule has 0 unspecified atom stereocenters. The van der Waals surface area contributed by atoms with Gasteiger partial charge in [-0.05, 0) is 68.3 Å². The number of fused-ring (bicyclic) bond motifs is 2. The molecule has 182 valence electrons. The molecule has 1 atom stereocenters. The van der Waals surface area contributed by atoms with E-state index in [1.807, 2.05) is 37.3 Å². The molecular formula is C29H30N6O. The Morgan fingerprint density at radius 3 is 2.92 bits per heavy atom. The molecule has 36 heavy (non-hydrogen) atoms. The van der Waals surface area contributed by atoms with Crippen LogP contribution in [-0.2, 0) is 13.6 Å². The quantitative estimate of drug-likeness (QED) is 0.380. The number of carbonyl (C=O) groups is 1. The van der Waals surface area contributed by atoms with Gasteiger partial charge in [0.05, 0.1) is 5.52 Å². The summed E-state index contributed by atoms with van der Waals surface area (Å²) in [5.74, 6) is -0.0352. The molecule has 4 heterocycles. The van der Waals surface area contributed by atoms with E-state index < -0.39 is 0 Å². The van der Waals surface area contributed by atoms with Gasteiger partial charge in [-0.15, -0.1) is 0 Å². The number of likely N-dealkylation sites (tertiary alicyclic amines) is 1. The maximum atomic E-state index is 13.2. The van der Waals surface area contributed by atoms with Crippen LogP contribution in [-0.4, -0.2) is 49.7 Å². The molecule has 6 rings (SSSR count). The molecule has 0 spiro atoms. The molecule has 2 N–H and O–H groups in total. The van der Waals surface area contributed by atoms with Crippen molar-refractivity contribution in [1.29, 1.82) is 0 Å². The molecule has 1 fully saturated rings. The van der Waals surface area contributed by atoms with E-state index in [1.165, 1.54) is 16.5 Å². The molecule has 3 aromatic heterocycles. The highest BCUT2D eigenvalue weighted by Gasteiger charge is 2.23. The fourth-order valence-electron chi connectivity index (χ4n) is 5.45. The van der Waals surface area contributed by atoms with Crippen LogP contribution < -0.4 is 5.32 Å². The van der Waals surface area contributed by atoms with Gasteiger partial charge in [-0.2, -0.15) is 5.10 Å². The molecule has 1 saturated heterocycles. The van der Waals surface area contributed by atoms with Crippen LogP contribution in [0.1, 0.15) is 34.5 Å². The van der Waals surface area contributed by atoms with Gasteiger partial charge in [-0.3, -0.25) is 19.8 Å². The van der Waals surface area contributed by atoms with Crippen LogP contribution in [0.25, 0.3) is 33.1 Å². The maximum absolute atomic E-state index is 13.2. The molecule has 7 nitrogen and oxygen atoms in total. The summed E-state index contributed by atoms with van der Waals surface area (Å²) in [5, 5.41) is 13.1. The summed E-state index contributed by atoms with van der Waals surface area (Å²) < 4.78 is 2.20. The Bertz CT molecular complexity index is 1560. The molecule has 1 amide bonds. The standard InChI is InChI=1S/C29H30N6O/c1-19-14-20(11-12-30-19)28-25-15-21(9-10-26(25)32-33-28)29(36)31-23-6-5-13-35(18-23)17-22-16-34(2)27-8-4-3-7-24(22)27/h3-4,7-12,14-16,23H,5-6,13,17-18H2,1-2H3,(H,31,36)(H,32,33)/t23-/m1/s1. The second kappa shape index (κ2) is 9.24. The predicted molar refractivity (Wildman–Crippen MR) is 143 cm³/mol. The van der Waals surface area contributed by atoms with E-state index in [4.69, 9.17) is 0 Å². The third kappa shape index (κ3) is 4.27. The molecular weight excluding hydrogens is 448 g/mol. The maximum Gasteiger partial charge on any atom is 0.251 e. The number of nitrogens with one attached hydrogen (secondary N) is 2. The number of para-hydroxylation sites is 1. The summed E-state index contributed by atoms with van der Waals surface area (Å²) >= 11 is 0. The highest BCUT2D eigenvalue weighted by Crippen LogP contribution is 2.28. The van der Waals surface area contributed by atoms with E-state index in [0.717, 1.165) is 60.3 Å². The number of aromatic nitrogens is 4. The molecule has 0 saturated carbocycles. The Labute approximate surface area is 210 Å². The van der Waals surface area contributed by atoms with Gasteiger partial charge in [0.25, 0.3) is 5.91 Å². The number of rotatable bonds is 5. The van der Waals surface area contributed by atoms with Crippen LogP contribution in [0.2, 0.25) is 0 Å². The van der Waals surface area contributed by atoms with E-state index in [1.54, 1.807) is 6.20 Å². The van der Waals surface area contributed by atoms with Crippen molar-refractivity contribution in [2.75, 3.05) is 13.1 Å². The number of aromatic amines is 1. The van der Waals surface area contributed by atoms with E-state index in [9.17, 15) is 4.79 Å². The zero-order chi connectivity index (χ0) is 24.6. The average molecular weight is 479 g/mol. The number of piperidine rings is 1. The lowest BCUT2D eigenvalue weighted by Crippen LogP contribution is -2.47. The summed E-state index contributed by atoms with van der Waals surface area (Å²) in [6, 6.07) is 18.4. The van der Waals surface area contributed by atoms with Gasteiger partial charge in [0.2, 0.25) is 0 Å². The number of benzene rings is 2. The fourth-order valence-corrected chi connectivity index (χ4v) is 5.45. The van der Waals surface area contributed by atoms with Crippen molar-refractivity contribution in [3.05, 3.63) is 83.8 Å². The lowest BCUT2D eigenvalue weighted by molar-refractivity contribution is 0.0901. The van der Waals surface area contributed by atoms with Crippen molar-refractivity contribution < 1.29 is 4.79 Å². The van der Waals surface area contributed by atoms with Crippen molar-refractivity contribution in [2.45, 2.75) is 32.4 Å². The van der Waals surface area contributed by atoms with Crippen LogP contribution in [0.5, 0.6) is 0 Å². The van der Waals surface area contributed by atoms with E-state index >= 15 is 0 Å². The monoisotopic (exact) mass is 478 g/mol. The van der Waals surface area contributed by atoms with Crippen molar-refractivity contribution >= 4 is 27.7 Å². The molecule has 0 aliphatic carbocycles. The van der Waals surface area contributed by atoms with Crippen LogP contribution >= 0.6 is 0 Å². The highest BCUT2D eigenvalue weighted by molar-refractivity contribution is 6.01. The molecule has 1 aliphatic heterocycles. The van der Waals surface area contributed by atoms with E-state index in [-0.39, 0.29) is 11.9 Å². The summed E-state index contributed by atoms with van der Waals surface area (Å²) in [6.45, 7) is 4.75. The van der Waals surface area contributed by atoms with Crippen LogP contribution in [0.3, 0.4) is 0 Å². The Morgan fingerprint density at radius 2 is 2.03 bits per heavy atom. The van der Waals surface area contributed by atoms with Gasteiger partial charge in [0, 0.05) is 71.7 Å². The molecule has 0 radical (unpaired) electrons. The number of amides is 1. The second-order valence-corrected chi connectivity index (χ2v) is 9.85. The van der Waals surface area contributed by atoms with Crippen LogP contribution in [0, 0.1) is 6.92 Å². The summed E-state index contributed by atoms with van der Waals surface area (Å²) in [5.41, 5.74) is 6.92. The third-order valence-corrected chi connectivity index (χ3v) is 7.21. The van der Waals surface area contributed by atoms with Crippen LogP contribution in [0.4, 0.5) is 0 Å². The number of nitrogens with zero attached hydrogens (tertiary/aromatic N) is 4. The minimum absolute atomic E-state index is 0.0352. The first-order chi connectivity index (χ1) is 17.5. The number of aryl methyl sites for hydroxylation is 2. The lowest BCUT2D eigenvalue weighted by atomic mass is 10.0. The summed E-state index contributed by atoms with van der Waals surface area (Å²) in [7, 11) is 2.10. The average Bonchev–Trinajstić information content (AvgIpc) is 3.45. The number of pyridine rings is 1. The molecule has 2 aromatic carbocycles. The van der Waals surface area contributed by atoms with E-state index in [2.05, 4.69) is 67.5 Å². The lowest BCUT2D eigenvalue weighted by Gasteiger charge is -2.33. The minimum atomic E-state index is -0.0352. The Morgan fingerprint density at radius 1 is 1.14 bits per heavy atom. The molecule has 1 aliphatic rings. The zero-order valence-corrected chi connectivity index (χ0v) is 20.7. The van der Waals surface area contributed by atoms with Gasteiger partial charge in [0.1, 0.15) is 5.69 Å². The fraction of sp³-hybridized carbons (Fsp3) is 0.276. The van der Waals surface area contributed by atoms with Crippen molar-refractivity contribution in [2.24, 2.45) is 7.05 Å². The number of hydrogen-bond acceptors (Lipinski definition) is 4. The SMILES string of the molecule is Cc1cc(-c2n[nH]c3ccc(C(=O)N[C@@H]4CCCN(Cc5cn(C)c6ccccc56)C4)cc23)ccn1. The van der Waals surface area contributed by atoms with Gasteiger partial charge < -0.3 is 9.88 Å². The first-order valence-electron chi connectivity index (χ1n) is 12.5. The largest absolute Gasteiger partial charge is 0.350 e. The number of carbonyl (C=O) groups excluding carboxylic acids is 1. The Hall–Kier alpha value is -3.97. The van der Waals surface area contributed by atoms with Gasteiger partial charge in [-0.1, -0.05) is 18.2 Å². The summed E-state index contributed by atoms with van der Waals surface area (Å²) in [4.78, 5) is 20.0. The molecule has 0 bridgehead atoms. The smallest absolute Gasteiger partial charge is 0.251 e. The number of hydrogen-bond donors (Lipinski definition) is 2.